The summed E-state index contributed by atoms with van der Waals surface area (Å²) in [7, 11) is 0. The van der Waals surface area contributed by atoms with Crippen molar-refractivity contribution < 1.29 is 13.3 Å². The van der Waals surface area contributed by atoms with Crippen molar-refractivity contribution in [2.75, 3.05) is 0 Å². The van der Waals surface area contributed by atoms with Gasteiger partial charge in [0.2, 0.25) is 11.7 Å². The molecular weight excluding hydrogens is 466 g/mol. The Morgan fingerprint density at radius 2 is 1.85 bits per heavy atom. The van der Waals surface area contributed by atoms with E-state index in [2.05, 4.69) is 20.1 Å². The van der Waals surface area contributed by atoms with Gasteiger partial charge in [-0.05, 0) is 36.2 Å². The van der Waals surface area contributed by atoms with Gasteiger partial charge in [-0.1, -0.05) is 29.4 Å². The predicted octanol–water partition coefficient (Wildman–Crippen LogP) is 5.72. The summed E-state index contributed by atoms with van der Waals surface area (Å²) in [6, 6.07) is 10.8. The van der Waals surface area contributed by atoms with Gasteiger partial charge >= 0.3 is 0 Å². The van der Waals surface area contributed by atoms with Crippen LogP contribution in [0.25, 0.3) is 32.7 Å². The molecule has 5 rings (SSSR count). The van der Waals surface area contributed by atoms with Crippen LogP contribution >= 0.6 is 23.1 Å². The van der Waals surface area contributed by atoms with Gasteiger partial charge in [0.1, 0.15) is 22.3 Å². The number of benzene rings is 2. The van der Waals surface area contributed by atoms with Crippen molar-refractivity contribution in [3.63, 3.8) is 0 Å². The first-order chi connectivity index (χ1) is 16.0. The van der Waals surface area contributed by atoms with Gasteiger partial charge in [0.05, 0.1) is 16.9 Å². The summed E-state index contributed by atoms with van der Waals surface area (Å²) >= 11 is 2.82. The molecule has 3 heterocycles. The molecular formula is C23H16F2N4O2S2. The summed E-state index contributed by atoms with van der Waals surface area (Å²) in [5.41, 5.74) is 2.35. The number of aromatic nitrogens is 4. The van der Waals surface area contributed by atoms with Crippen molar-refractivity contribution in [2.24, 2.45) is 0 Å². The van der Waals surface area contributed by atoms with Gasteiger partial charge < -0.3 is 9.51 Å². The Balaban J connectivity index is 1.29. The molecule has 0 spiro atoms. The normalized spacial score (nSPS) is 11.4. The van der Waals surface area contributed by atoms with Crippen LogP contribution in [0.1, 0.15) is 17.3 Å². The summed E-state index contributed by atoms with van der Waals surface area (Å²) < 4.78 is 32.3. The van der Waals surface area contributed by atoms with Gasteiger partial charge in [0.15, 0.2) is 0 Å². The van der Waals surface area contributed by atoms with Crippen molar-refractivity contribution in [1.29, 1.82) is 0 Å². The summed E-state index contributed by atoms with van der Waals surface area (Å²) in [4.78, 5) is 25.0. The van der Waals surface area contributed by atoms with E-state index in [0.29, 0.717) is 50.4 Å². The third-order valence-electron chi connectivity index (χ3n) is 5.01. The van der Waals surface area contributed by atoms with E-state index >= 15 is 0 Å². The number of hydrogen-bond donors (Lipinski definition) is 1. The number of hydrogen-bond acceptors (Lipinski definition) is 7. The highest BCUT2D eigenvalue weighted by atomic mass is 32.2. The Morgan fingerprint density at radius 3 is 2.64 bits per heavy atom. The smallest absolute Gasteiger partial charge is 0.260 e. The fourth-order valence-electron chi connectivity index (χ4n) is 3.30. The minimum atomic E-state index is -0.330. The Kier molecular flexibility index (Phi) is 5.77. The van der Waals surface area contributed by atoms with Gasteiger partial charge in [-0.25, -0.2) is 13.8 Å². The first kappa shape index (κ1) is 21.5. The van der Waals surface area contributed by atoms with Crippen LogP contribution < -0.4 is 5.56 Å². The van der Waals surface area contributed by atoms with Gasteiger partial charge in [0, 0.05) is 16.5 Å². The lowest BCUT2D eigenvalue weighted by atomic mass is 10.1. The van der Waals surface area contributed by atoms with E-state index in [1.807, 2.05) is 5.38 Å². The van der Waals surface area contributed by atoms with Crippen molar-refractivity contribution in [3.05, 3.63) is 87.1 Å². The average Bonchev–Trinajstić information content (AvgIpc) is 3.44. The maximum Gasteiger partial charge on any atom is 0.260 e. The molecule has 0 aliphatic carbocycles. The number of nitrogens with one attached hydrogen (secondary N) is 1. The zero-order chi connectivity index (χ0) is 22.9. The van der Waals surface area contributed by atoms with E-state index in [1.54, 1.807) is 31.2 Å². The highest BCUT2D eigenvalue weighted by molar-refractivity contribution is 7.97. The number of aryl methyl sites for hydroxylation is 1. The van der Waals surface area contributed by atoms with Crippen LogP contribution in [0.2, 0.25) is 0 Å². The second kappa shape index (κ2) is 8.87. The van der Waals surface area contributed by atoms with Crippen LogP contribution in [-0.2, 0) is 11.5 Å². The van der Waals surface area contributed by atoms with Crippen molar-refractivity contribution in [1.82, 2.24) is 20.1 Å². The van der Waals surface area contributed by atoms with Gasteiger partial charge in [0.25, 0.3) is 5.56 Å². The number of aromatic amines is 1. The Bertz CT molecular complexity index is 1510. The number of H-pyrrole nitrogens is 1. The Labute approximate surface area is 194 Å². The number of halogens is 2. The molecule has 5 aromatic rings. The van der Waals surface area contributed by atoms with E-state index in [4.69, 9.17) is 4.52 Å². The lowest BCUT2D eigenvalue weighted by molar-refractivity contribution is 0.391. The molecule has 10 heteroatoms. The molecule has 0 fully saturated rings. The minimum Gasteiger partial charge on any atom is -0.338 e. The highest BCUT2D eigenvalue weighted by Crippen LogP contribution is 2.31. The molecule has 0 bridgehead atoms. The van der Waals surface area contributed by atoms with Gasteiger partial charge in [-0.2, -0.15) is 4.98 Å². The Hall–Kier alpha value is -3.37. The molecule has 0 aliphatic heterocycles. The van der Waals surface area contributed by atoms with Crippen LogP contribution in [0.15, 0.2) is 57.2 Å². The maximum atomic E-state index is 13.8. The quantitative estimate of drug-likeness (QED) is 0.333. The summed E-state index contributed by atoms with van der Waals surface area (Å²) in [6.07, 6.45) is 0. The number of nitrogens with zero attached hydrogens (tertiary/aromatic N) is 3. The fourth-order valence-corrected chi connectivity index (χ4v) is 4.99. The van der Waals surface area contributed by atoms with Crippen LogP contribution in [-0.4, -0.2) is 20.1 Å². The number of fused-ring (bicyclic) bond motifs is 1. The summed E-state index contributed by atoms with van der Waals surface area (Å²) in [5, 5.41) is 6.26. The summed E-state index contributed by atoms with van der Waals surface area (Å²) in [6.45, 7) is 1.69. The zero-order valence-electron chi connectivity index (χ0n) is 17.3. The lowest BCUT2D eigenvalue weighted by Gasteiger charge is -2.02. The third kappa shape index (κ3) is 4.44. The standard InChI is InChI=1S/C23H16F2N4O2S2/c1-12-2-3-14(8-17(12)25)21-28-19(31-29-21)11-32-10-18-26-22(30)20-16(9-33-23(20)27-18)13-4-6-15(24)7-5-13/h2-9H,10-11H2,1H3,(H,26,27,30). The van der Waals surface area contributed by atoms with E-state index in [0.717, 1.165) is 11.1 Å². The van der Waals surface area contributed by atoms with Gasteiger partial charge in [-0.3, -0.25) is 4.79 Å². The van der Waals surface area contributed by atoms with Gasteiger partial charge in [-0.15, -0.1) is 23.1 Å². The number of thioether (sulfide) groups is 1. The molecule has 1 N–H and O–H groups in total. The molecule has 0 saturated carbocycles. The number of rotatable bonds is 6. The molecule has 166 valence electrons. The minimum absolute atomic E-state index is 0.238. The molecule has 0 unspecified atom stereocenters. The second-order valence-corrected chi connectivity index (χ2v) is 9.16. The first-order valence-electron chi connectivity index (χ1n) is 9.91. The second-order valence-electron chi connectivity index (χ2n) is 7.32. The molecule has 0 amide bonds. The van der Waals surface area contributed by atoms with E-state index < -0.39 is 0 Å². The van der Waals surface area contributed by atoms with Crippen LogP contribution in [0.4, 0.5) is 8.78 Å². The highest BCUT2D eigenvalue weighted by Gasteiger charge is 2.14. The molecule has 3 aromatic heterocycles. The lowest BCUT2D eigenvalue weighted by Crippen LogP contribution is -2.10. The SMILES string of the molecule is Cc1ccc(-c2noc(CSCc3nc4scc(-c5ccc(F)cc5)c4c(=O)[nH]3)n2)cc1F. The van der Waals surface area contributed by atoms with Crippen molar-refractivity contribution >= 4 is 33.3 Å². The van der Waals surface area contributed by atoms with E-state index in [-0.39, 0.29) is 17.2 Å². The predicted molar refractivity (Wildman–Crippen MR) is 125 cm³/mol. The monoisotopic (exact) mass is 482 g/mol. The fraction of sp³-hybridized carbons (Fsp3) is 0.130. The van der Waals surface area contributed by atoms with E-state index in [1.165, 1.54) is 41.3 Å². The topological polar surface area (TPSA) is 84.7 Å². The van der Waals surface area contributed by atoms with E-state index in [9.17, 15) is 13.6 Å². The maximum absolute atomic E-state index is 13.8. The molecule has 0 radical (unpaired) electrons. The van der Waals surface area contributed by atoms with Crippen molar-refractivity contribution in [2.45, 2.75) is 18.4 Å². The van der Waals surface area contributed by atoms with Crippen molar-refractivity contribution in [3.8, 4) is 22.5 Å². The molecule has 2 aromatic carbocycles. The molecule has 0 atom stereocenters. The van der Waals surface area contributed by atoms with Crippen LogP contribution in [0, 0.1) is 18.6 Å². The first-order valence-corrected chi connectivity index (χ1v) is 11.9. The summed E-state index contributed by atoms with van der Waals surface area (Å²) in [5.74, 6) is 1.45. The third-order valence-corrected chi connectivity index (χ3v) is 6.81. The average molecular weight is 483 g/mol. The molecule has 33 heavy (non-hydrogen) atoms. The zero-order valence-corrected chi connectivity index (χ0v) is 18.9. The number of thiophene rings is 1. The van der Waals surface area contributed by atoms with Crippen LogP contribution in [0.3, 0.4) is 0 Å². The molecule has 0 saturated heterocycles. The van der Waals surface area contributed by atoms with Crippen LogP contribution in [0.5, 0.6) is 0 Å². The molecule has 0 aliphatic rings. The Morgan fingerprint density at radius 1 is 1.06 bits per heavy atom. The molecule has 6 nitrogen and oxygen atoms in total. The largest absolute Gasteiger partial charge is 0.338 e.